The highest BCUT2D eigenvalue weighted by Crippen LogP contribution is 2.29. The molecule has 15 heavy (non-hydrogen) atoms. The van der Waals surface area contributed by atoms with Gasteiger partial charge < -0.3 is 10.2 Å². The van der Waals surface area contributed by atoms with Crippen molar-refractivity contribution >= 4 is 33.5 Å². The van der Waals surface area contributed by atoms with Crippen molar-refractivity contribution in [3.63, 3.8) is 0 Å². The molecule has 0 bridgehead atoms. The first-order chi connectivity index (χ1) is 6.93. The fourth-order valence-corrected chi connectivity index (χ4v) is 1.82. The number of carbonyl (C=O) groups is 1. The number of aliphatic hydroxyl groups is 1. The second kappa shape index (κ2) is 4.92. The number of alkyl halides is 1. The van der Waals surface area contributed by atoms with Gasteiger partial charge in [0.2, 0.25) is 6.17 Å². The lowest BCUT2D eigenvalue weighted by Crippen LogP contribution is -2.23. The van der Waals surface area contributed by atoms with E-state index in [0.717, 1.165) is 0 Å². The van der Waals surface area contributed by atoms with Crippen molar-refractivity contribution in [2.45, 2.75) is 12.3 Å². The van der Waals surface area contributed by atoms with E-state index in [-0.39, 0.29) is 10.6 Å². The van der Waals surface area contributed by atoms with Crippen molar-refractivity contribution in [2.75, 3.05) is 0 Å². The summed E-state index contributed by atoms with van der Waals surface area (Å²) >= 11 is 8.86. The summed E-state index contributed by atoms with van der Waals surface area (Å²) in [6, 6.07) is 4.36. The Labute approximate surface area is 98.6 Å². The van der Waals surface area contributed by atoms with Gasteiger partial charge in [-0.05, 0) is 12.1 Å². The van der Waals surface area contributed by atoms with Gasteiger partial charge in [-0.25, -0.2) is 9.18 Å². The van der Waals surface area contributed by atoms with E-state index in [1.54, 1.807) is 6.07 Å². The molecule has 82 valence electrons. The molecule has 0 saturated carbocycles. The van der Waals surface area contributed by atoms with Crippen LogP contribution < -0.4 is 0 Å². The Morgan fingerprint density at radius 1 is 1.53 bits per heavy atom. The van der Waals surface area contributed by atoms with Crippen LogP contribution in [-0.4, -0.2) is 22.4 Å². The molecule has 0 fully saturated rings. The molecule has 1 aromatic carbocycles. The number of carboxylic acid groups (broad SMARTS) is 1. The maximum Gasteiger partial charge on any atom is 0.341 e. The van der Waals surface area contributed by atoms with Gasteiger partial charge in [-0.2, -0.15) is 0 Å². The molecule has 3 nitrogen and oxygen atoms in total. The Kier molecular flexibility index (Phi) is 4.07. The Hall–Kier alpha value is -0.650. The molecule has 6 heteroatoms. The van der Waals surface area contributed by atoms with Crippen molar-refractivity contribution in [1.29, 1.82) is 0 Å². The van der Waals surface area contributed by atoms with E-state index in [2.05, 4.69) is 15.9 Å². The van der Waals surface area contributed by atoms with Crippen molar-refractivity contribution in [2.24, 2.45) is 0 Å². The third-order valence-corrected chi connectivity index (χ3v) is 2.61. The lowest BCUT2D eigenvalue weighted by atomic mass is 10.1. The molecule has 0 amide bonds. The fraction of sp³-hybridized carbons (Fsp3) is 0.222. The number of aliphatic carboxylic acids is 1. The van der Waals surface area contributed by atoms with Gasteiger partial charge in [0, 0.05) is 15.1 Å². The lowest BCUT2D eigenvalue weighted by molar-refractivity contribution is -0.147. The Balaban J connectivity index is 3.01. The second-order valence-corrected chi connectivity index (χ2v) is 4.17. The number of rotatable bonds is 3. The first kappa shape index (κ1) is 12.4. The van der Waals surface area contributed by atoms with Gasteiger partial charge in [-0.3, -0.25) is 0 Å². The van der Waals surface area contributed by atoms with Crippen LogP contribution in [0.5, 0.6) is 0 Å². The van der Waals surface area contributed by atoms with Crippen LogP contribution in [0.2, 0.25) is 5.02 Å². The Morgan fingerprint density at radius 2 is 2.13 bits per heavy atom. The molecule has 2 atom stereocenters. The van der Waals surface area contributed by atoms with Gasteiger partial charge >= 0.3 is 5.97 Å². The topological polar surface area (TPSA) is 57.5 Å². The van der Waals surface area contributed by atoms with Crippen molar-refractivity contribution in [3.05, 3.63) is 33.3 Å². The molecular formula is C9H7BrClFO3. The third-order valence-electron chi connectivity index (χ3n) is 1.79. The van der Waals surface area contributed by atoms with Gasteiger partial charge in [0.25, 0.3) is 0 Å². The number of hydrogen-bond donors (Lipinski definition) is 2. The van der Waals surface area contributed by atoms with Crippen LogP contribution in [0, 0.1) is 0 Å². The largest absolute Gasteiger partial charge is 0.479 e. The highest BCUT2D eigenvalue weighted by Gasteiger charge is 2.28. The monoisotopic (exact) mass is 296 g/mol. The highest BCUT2D eigenvalue weighted by atomic mass is 79.9. The molecule has 0 saturated heterocycles. The predicted octanol–water partition coefficient (Wildman–Crippen LogP) is 2.56. The molecule has 0 spiro atoms. The van der Waals surface area contributed by atoms with E-state index in [0.29, 0.717) is 4.47 Å². The summed E-state index contributed by atoms with van der Waals surface area (Å²) in [7, 11) is 0. The molecule has 0 heterocycles. The van der Waals surface area contributed by atoms with Crippen molar-refractivity contribution in [3.8, 4) is 0 Å². The van der Waals surface area contributed by atoms with Gasteiger partial charge in [-0.1, -0.05) is 33.6 Å². The third kappa shape index (κ3) is 2.90. The first-order valence-electron chi connectivity index (χ1n) is 3.93. The summed E-state index contributed by atoms with van der Waals surface area (Å²) in [6.45, 7) is 0. The standard InChI is InChI=1S/C9H7BrClFO3/c10-4-1-2-5(6(11)3-4)8(13)7(12)9(14)15/h1-3,7-8,13H,(H,14,15). The number of hydrogen-bond acceptors (Lipinski definition) is 2. The van der Waals surface area contributed by atoms with E-state index in [4.69, 9.17) is 16.7 Å². The number of halogens is 3. The van der Waals surface area contributed by atoms with E-state index in [9.17, 15) is 14.3 Å². The zero-order valence-electron chi connectivity index (χ0n) is 7.32. The van der Waals surface area contributed by atoms with E-state index in [1.807, 2.05) is 0 Å². The summed E-state index contributed by atoms with van der Waals surface area (Å²) in [4.78, 5) is 10.3. The van der Waals surface area contributed by atoms with Crippen molar-refractivity contribution in [1.82, 2.24) is 0 Å². The lowest BCUT2D eigenvalue weighted by Gasteiger charge is -2.14. The summed E-state index contributed by atoms with van der Waals surface area (Å²) in [5.74, 6) is -1.72. The quantitative estimate of drug-likeness (QED) is 0.901. The van der Waals surface area contributed by atoms with Crippen LogP contribution in [0.3, 0.4) is 0 Å². The molecule has 2 unspecified atom stereocenters. The summed E-state index contributed by atoms with van der Waals surface area (Å²) < 4.78 is 13.6. The van der Waals surface area contributed by atoms with Gasteiger partial charge in [0.1, 0.15) is 6.10 Å². The fourth-order valence-electron chi connectivity index (χ4n) is 1.03. The molecule has 0 aliphatic rings. The van der Waals surface area contributed by atoms with Crippen LogP contribution in [0.15, 0.2) is 22.7 Å². The average Bonchev–Trinajstić information content (AvgIpc) is 2.15. The molecule has 1 rings (SSSR count). The number of benzene rings is 1. The molecular weight excluding hydrogens is 290 g/mol. The van der Waals surface area contributed by atoms with E-state index >= 15 is 0 Å². The highest BCUT2D eigenvalue weighted by molar-refractivity contribution is 9.10. The predicted molar refractivity (Wildman–Crippen MR) is 56.6 cm³/mol. The van der Waals surface area contributed by atoms with Crippen LogP contribution in [0.25, 0.3) is 0 Å². The maximum atomic E-state index is 13.0. The number of aliphatic hydroxyl groups excluding tert-OH is 1. The van der Waals surface area contributed by atoms with Crippen LogP contribution >= 0.6 is 27.5 Å². The van der Waals surface area contributed by atoms with Crippen LogP contribution in [0.1, 0.15) is 11.7 Å². The molecule has 1 aromatic rings. The maximum absolute atomic E-state index is 13.0. The first-order valence-corrected chi connectivity index (χ1v) is 5.10. The van der Waals surface area contributed by atoms with Gasteiger partial charge in [0.05, 0.1) is 0 Å². The molecule has 0 aliphatic carbocycles. The Bertz CT molecular complexity index is 386. The molecule has 0 radical (unpaired) electrons. The minimum atomic E-state index is -2.39. The zero-order chi connectivity index (χ0) is 11.6. The van der Waals surface area contributed by atoms with Gasteiger partial charge in [-0.15, -0.1) is 0 Å². The molecule has 0 aliphatic heterocycles. The summed E-state index contributed by atoms with van der Waals surface area (Å²) in [5, 5.41) is 17.9. The summed E-state index contributed by atoms with van der Waals surface area (Å²) in [6.07, 6.45) is -4.15. The summed E-state index contributed by atoms with van der Waals surface area (Å²) in [5.41, 5.74) is 0.0507. The SMILES string of the molecule is O=C(O)C(F)C(O)c1ccc(Br)cc1Cl. The zero-order valence-corrected chi connectivity index (χ0v) is 9.67. The van der Waals surface area contributed by atoms with Crippen LogP contribution in [0.4, 0.5) is 4.39 Å². The average molecular weight is 298 g/mol. The van der Waals surface area contributed by atoms with E-state index < -0.39 is 18.2 Å². The molecule has 0 aromatic heterocycles. The minimum absolute atomic E-state index is 0.0507. The minimum Gasteiger partial charge on any atom is -0.479 e. The van der Waals surface area contributed by atoms with Crippen molar-refractivity contribution < 1.29 is 19.4 Å². The Morgan fingerprint density at radius 3 is 2.60 bits per heavy atom. The number of carboxylic acids is 1. The van der Waals surface area contributed by atoms with Crippen LogP contribution in [-0.2, 0) is 4.79 Å². The smallest absolute Gasteiger partial charge is 0.341 e. The van der Waals surface area contributed by atoms with Gasteiger partial charge in [0.15, 0.2) is 0 Å². The second-order valence-electron chi connectivity index (χ2n) is 2.85. The van der Waals surface area contributed by atoms with E-state index in [1.165, 1.54) is 12.1 Å². The normalized spacial score (nSPS) is 14.7. The molecule has 2 N–H and O–H groups in total.